The van der Waals surface area contributed by atoms with Crippen LogP contribution in [0.2, 0.25) is 0 Å². The van der Waals surface area contributed by atoms with Crippen LogP contribution < -0.4 is 10.6 Å². The predicted molar refractivity (Wildman–Crippen MR) is 117 cm³/mol. The molecule has 2 aromatic carbocycles. The van der Waals surface area contributed by atoms with Crippen molar-refractivity contribution in [2.75, 3.05) is 6.16 Å². The van der Waals surface area contributed by atoms with Gasteiger partial charge in [0, 0.05) is 25.7 Å². The SMILES string of the molecule is CCCCCCCCCP1(=O)c2cc(Br)ccc2-c2ccc(Br)cc21. The first-order valence-corrected chi connectivity index (χ1v) is 12.7. The van der Waals surface area contributed by atoms with Gasteiger partial charge in [-0.05, 0) is 41.8 Å². The molecule has 1 aliphatic heterocycles. The Morgan fingerprint density at radius 2 is 1.24 bits per heavy atom. The van der Waals surface area contributed by atoms with Crippen LogP contribution in [-0.4, -0.2) is 6.16 Å². The molecule has 1 nitrogen and oxygen atoms in total. The molecule has 0 atom stereocenters. The van der Waals surface area contributed by atoms with E-state index in [9.17, 15) is 4.57 Å². The quantitative estimate of drug-likeness (QED) is 0.285. The molecule has 0 bridgehead atoms. The molecule has 0 saturated heterocycles. The van der Waals surface area contributed by atoms with E-state index in [4.69, 9.17) is 0 Å². The van der Waals surface area contributed by atoms with Crippen LogP contribution in [-0.2, 0) is 4.57 Å². The minimum Gasteiger partial charge on any atom is -0.314 e. The maximum atomic E-state index is 14.1. The number of hydrogen-bond donors (Lipinski definition) is 0. The van der Waals surface area contributed by atoms with Gasteiger partial charge in [-0.1, -0.05) is 89.4 Å². The van der Waals surface area contributed by atoms with Crippen LogP contribution in [0, 0.1) is 0 Å². The van der Waals surface area contributed by atoms with E-state index in [1.165, 1.54) is 38.5 Å². The normalized spacial score (nSPS) is 14.4. The zero-order valence-electron chi connectivity index (χ0n) is 14.7. The first kappa shape index (κ1) is 19.4. The number of unbranched alkanes of at least 4 members (excludes halogenated alkanes) is 6. The molecule has 0 aromatic heterocycles. The molecule has 0 spiro atoms. The van der Waals surface area contributed by atoms with Gasteiger partial charge in [-0.15, -0.1) is 0 Å². The Morgan fingerprint density at radius 1 is 0.760 bits per heavy atom. The summed E-state index contributed by atoms with van der Waals surface area (Å²) in [6.45, 7) is 2.25. The van der Waals surface area contributed by atoms with Crippen molar-refractivity contribution < 1.29 is 4.57 Å². The summed E-state index contributed by atoms with van der Waals surface area (Å²) >= 11 is 7.13. The summed E-state index contributed by atoms with van der Waals surface area (Å²) in [5.41, 5.74) is 2.30. The monoisotopic (exact) mass is 482 g/mol. The van der Waals surface area contributed by atoms with Crippen molar-refractivity contribution in [1.29, 1.82) is 0 Å². The van der Waals surface area contributed by atoms with Gasteiger partial charge >= 0.3 is 0 Å². The summed E-state index contributed by atoms with van der Waals surface area (Å²) in [5, 5.41) is 2.09. The Bertz CT molecular complexity index is 745. The van der Waals surface area contributed by atoms with Crippen LogP contribution in [0.5, 0.6) is 0 Å². The maximum absolute atomic E-state index is 14.1. The number of fused-ring (bicyclic) bond motifs is 3. The second-order valence-electron chi connectivity index (χ2n) is 6.91. The molecule has 1 heterocycles. The highest BCUT2D eigenvalue weighted by Crippen LogP contribution is 2.54. The molecule has 0 radical (unpaired) electrons. The van der Waals surface area contributed by atoms with E-state index < -0.39 is 7.14 Å². The largest absolute Gasteiger partial charge is 0.314 e. The van der Waals surface area contributed by atoms with Gasteiger partial charge in [0.1, 0.15) is 7.14 Å². The lowest BCUT2D eigenvalue weighted by atomic mass is 10.1. The first-order chi connectivity index (χ1) is 12.1. The van der Waals surface area contributed by atoms with Crippen molar-refractivity contribution >= 4 is 49.6 Å². The van der Waals surface area contributed by atoms with Gasteiger partial charge < -0.3 is 4.57 Å². The molecule has 0 unspecified atom stereocenters. The van der Waals surface area contributed by atoms with Crippen molar-refractivity contribution in [1.82, 2.24) is 0 Å². The summed E-state index contributed by atoms with van der Waals surface area (Å²) in [6.07, 6.45) is 9.53. The third-order valence-electron chi connectivity index (χ3n) is 5.06. The number of rotatable bonds is 8. The fourth-order valence-corrected chi connectivity index (χ4v) is 8.07. The highest BCUT2D eigenvalue weighted by molar-refractivity contribution is 9.10. The summed E-state index contributed by atoms with van der Waals surface area (Å²) in [5.74, 6) is 0. The fraction of sp³-hybridized carbons (Fsp3) is 0.429. The van der Waals surface area contributed by atoms with Crippen molar-refractivity contribution in [3.8, 4) is 11.1 Å². The maximum Gasteiger partial charge on any atom is 0.144 e. The lowest BCUT2D eigenvalue weighted by Crippen LogP contribution is -2.13. The van der Waals surface area contributed by atoms with Gasteiger partial charge in [-0.25, -0.2) is 0 Å². The van der Waals surface area contributed by atoms with E-state index in [1.54, 1.807) is 0 Å². The van der Waals surface area contributed by atoms with Gasteiger partial charge in [-0.3, -0.25) is 0 Å². The summed E-state index contributed by atoms with van der Waals surface area (Å²) < 4.78 is 16.1. The third-order valence-corrected chi connectivity index (χ3v) is 9.29. The molecular weight excluding hydrogens is 459 g/mol. The number of halogens is 2. The van der Waals surface area contributed by atoms with Crippen molar-refractivity contribution in [2.24, 2.45) is 0 Å². The number of benzene rings is 2. The summed E-state index contributed by atoms with van der Waals surface area (Å²) in [7, 11) is -2.53. The van der Waals surface area contributed by atoms with E-state index in [2.05, 4.69) is 63.0 Å². The Balaban J connectivity index is 1.79. The zero-order chi connectivity index (χ0) is 17.9. The standard InChI is InChI=1S/C21H25Br2OP/c1-2-3-4-5-6-7-8-13-25(24)20-14-16(22)9-11-18(20)19-12-10-17(23)15-21(19)25/h9-12,14-15H,2-8,13H2,1H3. The zero-order valence-corrected chi connectivity index (χ0v) is 18.8. The molecule has 0 N–H and O–H groups in total. The van der Waals surface area contributed by atoms with E-state index in [0.29, 0.717) is 0 Å². The third kappa shape index (κ3) is 4.15. The molecule has 0 aliphatic carbocycles. The Morgan fingerprint density at radius 3 is 1.76 bits per heavy atom. The second-order valence-corrected chi connectivity index (χ2v) is 11.6. The van der Waals surface area contributed by atoms with Crippen LogP contribution in [0.3, 0.4) is 0 Å². The minimum atomic E-state index is -2.53. The highest BCUT2D eigenvalue weighted by Gasteiger charge is 2.38. The van der Waals surface area contributed by atoms with Crippen molar-refractivity contribution in [3.63, 3.8) is 0 Å². The summed E-state index contributed by atoms with van der Waals surface area (Å²) in [6, 6.07) is 12.5. The minimum absolute atomic E-state index is 0.785. The average Bonchev–Trinajstić information content (AvgIpc) is 2.83. The van der Waals surface area contributed by atoms with Gasteiger partial charge in [-0.2, -0.15) is 0 Å². The lowest BCUT2D eigenvalue weighted by molar-refractivity contribution is 0.577. The van der Waals surface area contributed by atoms with Crippen molar-refractivity contribution in [3.05, 3.63) is 45.3 Å². The lowest BCUT2D eigenvalue weighted by Gasteiger charge is -2.15. The second kappa shape index (κ2) is 8.55. The van der Waals surface area contributed by atoms with Crippen LogP contribution in [0.4, 0.5) is 0 Å². The van der Waals surface area contributed by atoms with E-state index in [1.807, 2.05) is 12.1 Å². The molecule has 0 amide bonds. The Kier molecular flexibility index (Phi) is 6.63. The predicted octanol–water partition coefficient (Wildman–Crippen LogP) is 7.26. The fourth-order valence-electron chi connectivity index (χ4n) is 3.73. The molecule has 0 fully saturated rings. The van der Waals surface area contributed by atoms with E-state index >= 15 is 0 Å². The van der Waals surface area contributed by atoms with E-state index in [0.717, 1.165) is 43.3 Å². The van der Waals surface area contributed by atoms with Crippen molar-refractivity contribution in [2.45, 2.75) is 51.9 Å². The van der Waals surface area contributed by atoms with Crippen LogP contribution in [0.25, 0.3) is 11.1 Å². The molecule has 134 valence electrons. The van der Waals surface area contributed by atoms with Crippen LogP contribution >= 0.6 is 39.0 Å². The van der Waals surface area contributed by atoms with Gasteiger partial charge in [0.15, 0.2) is 0 Å². The Hall–Kier alpha value is -0.370. The Labute approximate surface area is 168 Å². The van der Waals surface area contributed by atoms with Crippen LogP contribution in [0.1, 0.15) is 51.9 Å². The average molecular weight is 484 g/mol. The van der Waals surface area contributed by atoms with Crippen LogP contribution in [0.15, 0.2) is 45.3 Å². The molecule has 25 heavy (non-hydrogen) atoms. The van der Waals surface area contributed by atoms with Gasteiger partial charge in [0.2, 0.25) is 0 Å². The number of hydrogen-bond acceptors (Lipinski definition) is 1. The topological polar surface area (TPSA) is 17.1 Å². The molecule has 1 aliphatic rings. The first-order valence-electron chi connectivity index (χ1n) is 9.26. The smallest absolute Gasteiger partial charge is 0.144 e. The molecule has 2 aromatic rings. The highest BCUT2D eigenvalue weighted by atomic mass is 79.9. The van der Waals surface area contributed by atoms with Gasteiger partial charge in [0.05, 0.1) is 0 Å². The molecule has 4 heteroatoms. The van der Waals surface area contributed by atoms with Gasteiger partial charge in [0.25, 0.3) is 0 Å². The molecule has 3 rings (SSSR count). The molecular formula is C21H25Br2OP. The summed E-state index contributed by atoms with van der Waals surface area (Å²) in [4.78, 5) is 0. The molecule has 0 saturated carbocycles. The van der Waals surface area contributed by atoms with E-state index in [-0.39, 0.29) is 0 Å².